The highest BCUT2D eigenvalue weighted by Crippen LogP contribution is 2.21. The molecule has 0 bridgehead atoms. The number of methoxy groups -OCH3 is 1. The molecule has 0 unspecified atom stereocenters. The number of benzene rings is 1. The number of nitrogens with zero attached hydrogens (tertiary/aromatic N) is 2. The number of rotatable bonds is 6. The zero-order valence-electron chi connectivity index (χ0n) is 13.9. The number of carbonyl (C=O) groups is 1. The number of aromatic nitrogens is 1. The third kappa shape index (κ3) is 4.11. The first-order chi connectivity index (χ1) is 11.8. The molecule has 2 heterocycles. The minimum Gasteiger partial charge on any atom is -0.497 e. The van der Waals surface area contributed by atoms with Crippen LogP contribution in [0.1, 0.15) is 18.5 Å². The van der Waals surface area contributed by atoms with E-state index in [9.17, 15) is 4.79 Å². The number of pyridine rings is 1. The monoisotopic (exact) mass is 325 g/mol. The first-order valence-electron chi connectivity index (χ1n) is 8.35. The Morgan fingerprint density at radius 3 is 2.83 bits per heavy atom. The maximum Gasteiger partial charge on any atom is 0.241 e. The van der Waals surface area contributed by atoms with Gasteiger partial charge >= 0.3 is 0 Å². The molecule has 3 rings (SSSR count). The molecule has 5 nitrogen and oxygen atoms in total. The van der Waals surface area contributed by atoms with Crippen molar-refractivity contribution in [1.82, 2.24) is 9.88 Å². The average Bonchev–Trinajstić information content (AvgIpc) is 3.10. The number of carbonyl (C=O) groups excluding carboxylic acids is 1. The Balaban J connectivity index is 1.56. The van der Waals surface area contributed by atoms with Crippen LogP contribution < -0.4 is 10.1 Å². The summed E-state index contributed by atoms with van der Waals surface area (Å²) in [4.78, 5) is 19.2. The van der Waals surface area contributed by atoms with Crippen LogP contribution >= 0.6 is 0 Å². The van der Waals surface area contributed by atoms with Gasteiger partial charge in [-0.3, -0.25) is 14.7 Å². The second kappa shape index (κ2) is 7.93. The minimum atomic E-state index is -0.0594. The van der Waals surface area contributed by atoms with Crippen LogP contribution in [0.4, 0.5) is 5.69 Å². The van der Waals surface area contributed by atoms with Gasteiger partial charge in [-0.25, -0.2) is 0 Å². The highest BCUT2D eigenvalue weighted by Gasteiger charge is 2.30. The summed E-state index contributed by atoms with van der Waals surface area (Å²) in [6, 6.07) is 13.3. The quantitative estimate of drug-likeness (QED) is 0.887. The van der Waals surface area contributed by atoms with E-state index in [2.05, 4.69) is 15.2 Å². The zero-order valence-corrected chi connectivity index (χ0v) is 13.9. The third-order valence-electron chi connectivity index (χ3n) is 4.41. The van der Waals surface area contributed by atoms with Gasteiger partial charge in [-0.05, 0) is 55.8 Å². The van der Waals surface area contributed by atoms with Crippen molar-refractivity contribution in [3.05, 3.63) is 54.4 Å². The van der Waals surface area contributed by atoms with E-state index >= 15 is 0 Å². The van der Waals surface area contributed by atoms with Crippen molar-refractivity contribution in [2.45, 2.75) is 25.3 Å². The van der Waals surface area contributed by atoms with Gasteiger partial charge in [-0.2, -0.15) is 0 Å². The molecule has 1 aromatic carbocycles. The zero-order chi connectivity index (χ0) is 16.8. The Morgan fingerprint density at radius 2 is 2.12 bits per heavy atom. The molecule has 0 radical (unpaired) electrons. The van der Waals surface area contributed by atoms with Gasteiger partial charge < -0.3 is 10.1 Å². The maximum atomic E-state index is 12.6. The number of hydrogen-bond donors (Lipinski definition) is 1. The predicted molar refractivity (Wildman–Crippen MR) is 94.2 cm³/mol. The van der Waals surface area contributed by atoms with Crippen molar-refractivity contribution in [2.24, 2.45) is 0 Å². The van der Waals surface area contributed by atoms with Crippen molar-refractivity contribution in [3.63, 3.8) is 0 Å². The molecular weight excluding hydrogens is 302 g/mol. The molecule has 2 aromatic rings. The van der Waals surface area contributed by atoms with Gasteiger partial charge in [0.1, 0.15) is 5.75 Å². The van der Waals surface area contributed by atoms with Gasteiger partial charge in [-0.1, -0.05) is 6.07 Å². The van der Waals surface area contributed by atoms with Crippen LogP contribution in [0.3, 0.4) is 0 Å². The van der Waals surface area contributed by atoms with Crippen LogP contribution in [-0.2, 0) is 11.2 Å². The Kier molecular flexibility index (Phi) is 5.43. The number of nitrogens with one attached hydrogen (secondary N) is 1. The number of ether oxygens (including phenoxy) is 1. The van der Waals surface area contributed by atoms with Gasteiger partial charge in [0.25, 0.3) is 0 Å². The Hall–Kier alpha value is -2.40. The maximum absolute atomic E-state index is 12.6. The molecule has 0 spiro atoms. The molecule has 0 aliphatic carbocycles. The number of anilines is 1. The van der Waals surface area contributed by atoms with E-state index in [-0.39, 0.29) is 11.9 Å². The van der Waals surface area contributed by atoms with Gasteiger partial charge in [0.2, 0.25) is 5.91 Å². The lowest BCUT2D eigenvalue weighted by molar-refractivity contribution is -0.120. The van der Waals surface area contributed by atoms with Crippen LogP contribution in [0.15, 0.2) is 48.7 Å². The Morgan fingerprint density at radius 1 is 1.29 bits per heavy atom. The average molecular weight is 325 g/mol. The molecule has 1 atom stereocenters. The fourth-order valence-electron chi connectivity index (χ4n) is 3.09. The molecule has 1 aromatic heterocycles. The second-order valence-electron chi connectivity index (χ2n) is 5.98. The van der Waals surface area contributed by atoms with Crippen LogP contribution in [0.25, 0.3) is 0 Å². The fraction of sp³-hybridized carbons (Fsp3) is 0.368. The Bertz CT molecular complexity index is 658. The fourth-order valence-corrected chi connectivity index (χ4v) is 3.09. The summed E-state index contributed by atoms with van der Waals surface area (Å²) in [6.45, 7) is 1.82. The minimum absolute atomic E-state index is 0.0594. The summed E-state index contributed by atoms with van der Waals surface area (Å²) in [7, 11) is 1.63. The summed E-state index contributed by atoms with van der Waals surface area (Å²) >= 11 is 0. The summed E-state index contributed by atoms with van der Waals surface area (Å²) < 4.78 is 5.14. The van der Waals surface area contributed by atoms with Crippen LogP contribution in [0, 0.1) is 0 Å². The summed E-state index contributed by atoms with van der Waals surface area (Å²) in [5.41, 5.74) is 1.87. The topological polar surface area (TPSA) is 54.5 Å². The van der Waals surface area contributed by atoms with Gasteiger partial charge in [0.05, 0.1) is 13.2 Å². The van der Waals surface area contributed by atoms with Crippen molar-refractivity contribution in [3.8, 4) is 5.75 Å². The molecule has 1 fully saturated rings. The third-order valence-corrected chi connectivity index (χ3v) is 4.41. The lowest BCUT2D eigenvalue weighted by atomic mass is 10.2. The molecule has 1 amide bonds. The van der Waals surface area contributed by atoms with Crippen molar-refractivity contribution in [2.75, 3.05) is 25.5 Å². The number of likely N-dealkylation sites (tertiary alicyclic amines) is 1. The first-order valence-corrected chi connectivity index (χ1v) is 8.35. The lowest BCUT2D eigenvalue weighted by Crippen LogP contribution is -2.40. The van der Waals surface area contributed by atoms with E-state index < -0.39 is 0 Å². The van der Waals surface area contributed by atoms with Gasteiger partial charge in [0, 0.05) is 30.5 Å². The highest BCUT2D eigenvalue weighted by molar-refractivity contribution is 5.95. The van der Waals surface area contributed by atoms with Gasteiger partial charge in [0.15, 0.2) is 0 Å². The number of hydrogen-bond acceptors (Lipinski definition) is 4. The van der Waals surface area contributed by atoms with E-state index in [1.807, 2.05) is 48.7 Å². The lowest BCUT2D eigenvalue weighted by Gasteiger charge is -2.23. The van der Waals surface area contributed by atoms with Crippen LogP contribution in [0.5, 0.6) is 5.75 Å². The molecule has 24 heavy (non-hydrogen) atoms. The van der Waals surface area contributed by atoms with E-state index in [0.717, 1.165) is 49.5 Å². The first kappa shape index (κ1) is 16.5. The standard InChI is InChI=1S/C19H23N3O2/c1-24-17-9-7-16(8-10-17)21-19(23)18-6-4-13-22(18)14-11-15-5-2-3-12-20-15/h2-3,5,7-10,12,18H,4,6,11,13-14H2,1H3,(H,21,23)/t18-/m0/s1. The molecular formula is C19H23N3O2. The van der Waals surface area contributed by atoms with Crippen molar-refractivity contribution < 1.29 is 9.53 Å². The molecule has 1 saturated heterocycles. The van der Waals surface area contributed by atoms with E-state index in [0.29, 0.717) is 0 Å². The summed E-state index contributed by atoms with van der Waals surface area (Å²) in [6.07, 6.45) is 4.65. The summed E-state index contributed by atoms with van der Waals surface area (Å²) in [5.74, 6) is 0.851. The molecule has 0 saturated carbocycles. The SMILES string of the molecule is COc1ccc(NC(=O)[C@@H]2CCCN2CCc2ccccn2)cc1. The second-order valence-corrected chi connectivity index (χ2v) is 5.98. The van der Waals surface area contributed by atoms with E-state index in [4.69, 9.17) is 4.74 Å². The number of amides is 1. The summed E-state index contributed by atoms with van der Waals surface area (Å²) in [5, 5.41) is 3.01. The van der Waals surface area contributed by atoms with Crippen molar-refractivity contribution in [1.29, 1.82) is 0 Å². The van der Waals surface area contributed by atoms with Gasteiger partial charge in [-0.15, -0.1) is 0 Å². The smallest absolute Gasteiger partial charge is 0.241 e. The highest BCUT2D eigenvalue weighted by atomic mass is 16.5. The Labute approximate surface area is 142 Å². The molecule has 5 heteroatoms. The predicted octanol–water partition coefficient (Wildman–Crippen LogP) is 2.74. The molecule has 126 valence electrons. The molecule has 1 aliphatic heterocycles. The van der Waals surface area contributed by atoms with Crippen LogP contribution in [-0.4, -0.2) is 42.0 Å². The molecule has 1 aliphatic rings. The van der Waals surface area contributed by atoms with E-state index in [1.165, 1.54) is 0 Å². The van der Waals surface area contributed by atoms with Crippen molar-refractivity contribution >= 4 is 11.6 Å². The molecule has 1 N–H and O–H groups in total. The van der Waals surface area contributed by atoms with Crippen LogP contribution in [0.2, 0.25) is 0 Å². The normalized spacial score (nSPS) is 17.6. The largest absolute Gasteiger partial charge is 0.497 e. The van der Waals surface area contributed by atoms with E-state index in [1.54, 1.807) is 7.11 Å².